The maximum atomic E-state index is 8.88. The van der Waals surface area contributed by atoms with Gasteiger partial charge in [-0.3, -0.25) is 0 Å². The topological polar surface area (TPSA) is 109 Å². The quantitative estimate of drug-likeness (QED) is 0.273. The average Bonchev–Trinajstić information content (AvgIpc) is 0.722. The van der Waals surface area contributed by atoms with E-state index in [2.05, 4.69) is 0 Å². The molecule has 8 heavy (non-hydrogen) atoms. The van der Waals surface area contributed by atoms with Gasteiger partial charge in [0, 0.05) is 19.5 Å². The van der Waals surface area contributed by atoms with Gasteiger partial charge in [0.1, 0.15) is 0 Å². The van der Waals surface area contributed by atoms with Gasteiger partial charge in [0.05, 0.1) is 0 Å². The van der Waals surface area contributed by atoms with Crippen molar-refractivity contribution in [2.24, 2.45) is 0 Å². The van der Waals surface area contributed by atoms with Gasteiger partial charge in [-0.1, -0.05) is 0 Å². The van der Waals surface area contributed by atoms with Crippen molar-refractivity contribution in [2.45, 2.75) is 0 Å². The first kappa shape index (κ1) is 22.6. The molecule has 0 saturated heterocycles. The summed E-state index contributed by atoms with van der Waals surface area (Å²) in [6.07, 6.45) is 0. The molecule has 44 valence electrons. The van der Waals surface area contributed by atoms with Gasteiger partial charge < -0.3 is 21.6 Å². The second-order valence-corrected chi connectivity index (χ2v) is 1.54. The predicted octanol–water partition coefficient (Wildman–Crippen LogP) is -4.64. The number of rotatable bonds is 0. The fourth-order valence-corrected chi connectivity index (χ4v) is 0. The SMILES string of the molecule is O.O=P(O)(O)O.[H-].[Na+].[Zn]. The Balaban J connectivity index is -0.0000000133. The van der Waals surface area contributed by atoms with Gasteiger partial charge in [-0.05, 0) is 0 Å². The maximum Gasteiger partial charge on any atom is 1.00 e. The van der Waals surface area contributed by atoms with Crippen molar-refractivity contribution in [3.63, 3.8) is 0 Å². The molecule has 5 nitrogen and oxygen atoms in total. The minimum absolute atomic E-state index is 0. The van der Waals surface area contributed by atoms with Crippen LogP contribution in [0, 0.1) is 0 Å². The van der Waals surface area contributed by atoms with Gasteiger partial charge >= 0.3 is 37.4 Å². The minimum Gasteiger partial charge on any atom is -1.00 e. The molecule has 0 aromatic carbocycles. The van der Waals surface area contributed by atoms with Gasteiger partial charge in [0.2, 0.25) is 0 Å². The van der Waals surface area contributed by atoms with Crippen LogP contribution in [0.25, 0.3) is 0 Å². The van der Waals surface area contributed by atoms with E-state index in [4.69, 9.17) is 19.2 Å². The molecule has 0 unspecified atom stereocenters. The Labute approximate surface area is 82.6 Å². The van der Waals surface area contributed by atoms with E-state index in [1.54, 1.807) is 0 Å². The minimum atomic E-state index is -4.64. The van der Waals surface area contributed by atoms with Gasteiger partial charge in [0.15, 0.2) is 0 Å². The molecule has 0 amide bonds. The van der Waals surface area contributed by atoms with Crippen molar-refractivity contribution in [1.82, 2.24) is 0 Å². The Hall–Kier alpha value is 1.69. The van der Waals surface area contributed by atoms with Gasteiger partial charge in [-0.25, -0.2) is 4.57 Å². The predicted molar refractivity (Wildman–Crippen MR) is 19.0 cm³/mol. The average molecular weight is 205 g/mol. The van der Waals surface area contributed by atoms with Crippen molar-refractivity contribution in [2.75, 3.05) is 0 Å². The summed E-state index contributed by atoms with van der Waals surface area (Å²) in [5.41, 5.74) is 0. The molecule has 8 heteroatoms. The molecule has 0 atom stereocenters. The zero-order chi connectivity index (χ0) is 4.50. The molecule has 0 fully saturated rings. The van der Waals surface area contributed by atoms with E-state index in [0.29, 0.717) is 0 Å². The molecule has 0 bridgehead atoms. The van der Waals surface area contributed by atoms with Gasteiger partial charge in [-0.2, -0.15) is 0 Å². The van der Waals surface area contributed by atoms with Crippen molar-refractivity contribution in [1.29, 1.82) is 0 Å². The first-order chi connectivity index (χ1) is 2.00. The molecule has 0 radical (unpaired) electrons. The van der Waals surface area contributed by atoms with Crippen molar-refractivity contribution >= 4 is 7.82 Å². The normalized spacial score (nSPS) is 7.38. The summed E-state index contributed by atoms with van der Waals surface area (Å²) in [5, 5.41) is 0. The zero-order valence-corrected chi connectivity index (χ0v) is 10.3. The van der Waals surface area contributed by atoms with E-state index in [1.165, 1.54) is 0 Å². The number of hydrogen-bond donors (Lipinski definition) is 3. The third-order valence-electron chi connectivity index (χ3n) is 0. The Morgan fingerprint density at radius 1 is 1.25 bits per heavy atom. The Morgan fingerprint density at radius 2 is 1.25 bits per heavy atom. The first-order valence-electron chi connectivity index (χ1n) is 0.783. The first-order valence-corrected chi connectivity index (χ1v) is 2.35. The standard InChI is InChI=1S/Na.H3O4P.H2O.Zn.H/c;1-5(2,3)4;;;/h;(H3,1,2,3,4);1H2;;/q+1;;;;-1. The Bertz CT molecular complexity index is 63.1. The molecule has 0 aliphatic heterocycles. The number of hydrogen-bond acceptors (Lipinski definition) is 1. The molecule has 0 saturated carbocycles. The summed E-state index contributed by atoms with van der Waals surface area (Å²) in [5.74, 6) is 0. The van der Waals surface area contributed by atoms with E-state index in [9.17, 15) is 0 Å². The fourth-order valence-electron chi connectivity index (χ4n) is 0. The summed E-state index contributed by atoms with van der Waals surface area (Å²) >= 11 is 0. The van der Waals surface area contributed by atoms with Crippen LogP contribution in [0.3, 0.4) is 0 Å². The van der Waals surface area contributed by atoms with Crippen LogP contribution in [0.1, 0.15) is 1.43 Å². The molecule has 0 spiro atoms. The van der Waals surface area contributed by atoms with Crippen LogP contribution in [0.4, 0.5) is 0 Å². The summed E-state index contributed by atoms with van der Waals surface area (Å²) in [6, 6.07) is 0. The van der Waals surface area contributed by atoms with Gasteiger partial charge in [0.25, 0.3) is 0 Å². The molecule has 0 aliphatic rings. The van der Waals surface area contributed by atoms with E-state index < -0.39 is 7.82 Å². The van der Waals surface area contributed by atoms with Crippen LogP contribution in [0.2, 0.25) is 0 Å². The second-order valence-electron chi connectivity index (χ2n) is 0.513. The van der Waals surface area contributed by atoms with Crippen LogP contribution in [0.15, 0.2) is 0 Å². The third kappa shape index (κ3) is 120. The van der Waals surface area contributed by atoms with Crippen molar-refractivity contribution < 1.29 is 75.2 Å². The van der Waals surface area contributed by atoms with Crippen LogP contribution in [-0.2, 0) is 24.0 Å². The molecule has 0 rings (SSSR count). The monoisotopic (exact) mass is 204 g/mol. The summed E-state index contributed by atoms with van der Waals surface area (Å²) in [7, 11) is -4.64. The molecule has 0 heterocycles. The zero-order valence-electron chi connectivity index (χ0n) is 5.40. The largest absolute Gasteiger partial charge is 1.00 e. The molecular formula is H6NaO5PZn. The Kier molecular flexibility index (Phi) is 24.6. The smallest absolute Gasteiger partial charge is 1.00 e. The third-order valence-corrected chi connectivity index (χ3v) is 0. The summed E-state index contributed by atoms with van der Waals surface area (Å²) in [4.78, 5) is 21.6. The van der Waals surface area contributed by atoms with Crippen LogP contribution >= 0.6 is 7.82 Å². The molecule has 0 aliphatic carbocycles. The molecule has 0 aromatic rings. The van der Waals surface area contributed by atoms with E-state index in [-0.39, 0.29) is 55.9 Å². The van der Waals surface area contributed by atoms with E-state index in [1.807, 2.05) is 0 Å². The van der Waals surface area contributed by atoms with Crippen molar-refractivity contribution in [3.05, 3.63) is 0 Å². The summed E-state index contributed by atoms with van der Waals surface area (Å²) < 4.78 is 8.88. The molecular weight excluding hydrogens is 199 g/mol. The summed E-state index contributed by atoms with van der Waals surface area (Å²) in [6.45, 7) is 0. The van der Waals surface area contributed by atoms with E-state index in [0.717, 1.165) is 0 Å². The van der Waals surface area contributed by atoms with Crippen LogP contribution in [0.5, 0.6) is 0 Å². The van der Waals surface area contributed by atoms with E-state index >= 15 is 0 Å². The van der Waals surface area contributed by atoms with Crippen LogP contribution < -0.4 is 29.6 Å². The van der Waals surface area contributed by atoms with Gasteiger partial charge in [-0.15, -0.1) is 0 Å². The van der Waals surface area contributed by atoms with Crippen LogP contribution in [-0.4, -0.2) is 20.2 Å². The fraction of sp³-hybridized carbons (Fsp3) is 0. The van der Waals surface area contributed by atoms with Crippen molar-refractivity contribution in [3.8, 4) is 0 Å². The molecule has 0 aromatic heterocycles. The number of phosphoric acid groups is 1. The molecule has 5 N–H and O–H groups in total. The Morgan fingerprint density at radius 3 is 1.25 bits per heavy atom. The second kappa shape index (κ2) is 8.69. The maximum absolute atomic E-state index is 8.88.